The highest BCUT2D eigenvalue weighted by Crippen LogP contribution is 2.16. The number of hydrazine groups is 1. The Morgan fingerprint density at radius 2 is 1.96 bits per heavy atom. The maximum Gasteiger partial charge on any atom is 0.337 e. The highest BCUT2D eigenvalue weighted by molar-refractivity contribution is 6.30. The predicted molar refractivity (Wildman–Crippen MR) is 92.0 cm³/mol. The minimum absolute atomic E-state index is 0.290. The Labute approximate surface area is 148 Å². The van der Waals surface area contributed by atoms with Crippen molar-refractivity contribution in [3.8, 4) is 0 Å². The average Bonchev–Trinajstić information content (AvgIpc) is 3.13. The lowest BCUT2D eigenvalue weighted by Gasteiger charge is -2.11. The quantitative estimate of drug-likeness (QED) is 0.729. The Hall–Kier alpha value is -3.13. The van der Waals surface area contributed by atoms with Gasteiger partial charge >= 0.3 is 6.03 Å². The number of halogens is 1. The van der Waals surface area contributed by atoms with Crippen molar-refractivity contribution in [2.24, 2.45) is 5.16 Å². The fourth-order valence-corrected chi connectivity index (χ4v) is 2.24. The number of carbonyl (C=O) groups is 2. The van der Waals surface area contributed by atoms with Crippen molar-refractivity contribution >= 4 is 34.9 Å². The Bertz CT molecular complexity index is 795. The fraction of sp³-hybridized carbons (Fsp3) is 0.125. The number of rotatable bonds is 3. The third-order valence-electron chi connectivity index (χ3n) is 3.36. The number of benzene rings is 1. The molecule has 1 aromatic carbocycles. The molecule has 128 valence electrons. The third kappa shape index (κ3) is 4.45. The van der Waals surface area contributed by atoms with Crippen LogP contribution < -0.4 is 16.2 Å². The summed E-state index contributed by atoms with van der Waals surface area (Å²) in [6.45, 7) is 0. The SMILES string of the molecule is O=C(NNC(=O)C1CC(c2cccnc2)=NO1)Nc1ccc(Cl)cc1. The number of aromatic nitrogens is 1. The number of hydrogen-bond acceptors (Lipinski definition) is 5. The normalized spacial score (nSPS) is 15.7. The van der Waals surface area contributed by atoms with Crippen LogP contribution in [0.15, 0.2) is 53.9 Å². The first-order valence-electron chi connectivity index (χ1n) is 7.37. The molecule has 3 amide bonds. The van der Waals surface area contributed by atoms with Gasteiger partial charge < -0.3 is 10.2 Å². The first-order chi connectivity index (χ1) is 12.1. The second-order valence-corrected chi connectivity index (χ2v) is 5.59. The van der Waals surface area contributed by atoms with Crippen LogP contribution in [-0.4, -0.2) is 28.7 Å². The summed E-state index contributed by atoms with van der Waals surface area (Å²) < 4.78 is 0. The Kier molecular flexibility index (Phi) is 5.10. The van der Waals surface area contributed by atoms with Crippen LogP contribution in [0.5, 0.6) is 0 Å². The predicted octanol–water partition coefficient (Wildman–Crippen LogP) is 2.08. The first-order valence-corrected chi connectivity index (χ1v) is 7.75. The van der Waals surface area contributed by atoms with Crippen LogP contribution >= 0.6 is 11.6 Å². The lowest BCUT2D eigenvalue weighted by atomic mass is 10.1. The standard InChI is InChI=1S/C16H14ClN5O3/c17-11-3-5-12(6-4-11)19-16(24)21-20-15(23)14-8-13(22-25-14)10-2-1-7-18-9-10/h1-7,9,14H,8H2,(H,20,23)(H2,19,21,24). The van der Waals surface area contributed by atoms with E-state index in [2.05, 4.69) is 26.3 Å². The van der Waals surface area contributed by atoms with Gasteiger partial charge in [-0.05, 0) is 36.4 Å². The summed E-state index contributed by atoms with van der Waals surface area (Å²) >= 11 is 5.77. The van der Waals surface area contributed by atoms with Gasteiger partial charge in [0, 0.05) is 35.1 Å². The van der Waals surface area contributed by atoms with Gasteiger partial charge in [0.1, 0.15) is 0 Å². The lowest BCUT2D eigenvalue weighted by molar-refractivity contribution is -0.131. The smallest absolute Gasteiger partial charge is 0.337 e. The second-order valence-electron chi connectivity index (χ2n) is 5.15. The zero-order valence-corrected chi connectivity index (χ0v) is 13.7. The van der Waals surface area contributed by atoms with Crippen LogP contribution in [0.25, 0.3) is 0 Å². The number of anilines is 1. The van der Waals surface area contributed by atoms with E-state index < -0.39 is 18.0 Å². The monoisotopic (exact) mass is 359 g/mol. The van der Waals surface area contributed by atoms with Crippen LogP contribution in [0.4, 0.5) is 10.5 Å². The van der Waals surface area contributed by atoms with Crippen LogP contribution in [0, 0.1) is 0 Å². The summed E-state index contributed by atoms with van der Waals surface area (Å²) in [5, 5.41) is 6.99. The van der Waals surface area contributed by atoms with Gasteiger partial charge in [0.15, 0.2) is 0 Å². The molecule has 0 spiro atoms. The van der Waals surface area contributed by atoms with Gasteiger partial charge in [0.2, 0.25) is 6.10 Å². The van der Waals surface area contributed by atoms with Gasteiger partial charge in [-0.3, -0.25) is 15.2 Å². The van der Waals surface area contributed by atoms with Crippen LogP contribution in [0.2, 0.25) is 5.02 Å². The molecule has 25 heavy (non-hydrogen) atoms. The molecule has 0 radical (unpaired) electrons. The molecule has 0 saturated heterocycles. The number of carbonyl (C=O) groups excluding carboxylic acids is 2. The molecular weight excluding hydrogens is 346 g/mol. The van der Waals surface area contributed by atoms with Gasteiger partial charge in [-0.2, -0.15) is 0 Å². The van der Waals surface area contributed by atoms with E-state index in [1.54, 1.807) is 42.7 Å². The van der Waals surface area contributed by atoms with Crippen LogP contribution in [0.1, 0.15) is 12.0 Å². The van der Waals surface area contributed by atoms with E-state index in [-0.39, 0.29) is 6.42 Å². The zero-order chi connectivity index (χ0) is 17.6. The number of oxime groups is 1. The van der Waals surface area contributed by atoms with Gasteiger partial charge in [-0.15, -0.1) is 0 Å². The molecule has 0 saturated carbocycles. The van der Waals surface area contributed by atoms with E-state index in [1.165, 1.54) is 0 Å². The van der Waals surface area contributed by atoms with Crippen molar-refractivity contribution in [1.82, 2.24) is 15.8 Å². The zero-order valence-electron chi connectivity index (χ0n) is 12.9. The van der Waals surface area contributed by atoms with Gasteiger partial charge in [-0.1, -0.05) is 16.8 Å². The third-order valence-corrected chi connectivity index (χ3v) is 3.61. The molecule has 1 aromatic heterocycles. The highest BCUT2D eigenvalue weighted by Gasteiger charge is 2.29. The van der Waals surface area contributed by atoms with E-state index in [9.17, 15) is 9.59 Å². The molecular formula is C16H14ClN5O3. The number of nitrogens with zero attached hydrogens (tertiary/aromatic N) is 2. The molecule has 1 aliphatic rings. The maximum atomic E-state index is 12.0. The molecule has 3 rings (SSSR count). The molecule has 1 aliphatic heterocycles. The van der Waals surface area contributed by atoms with Crippen molar-refractivity contribution < 1.29 is 14.4 Å². The van der Waals surface area contributed by atoms with E-state index in [0.29, 0.717) is 16.4 Å². The summed E-state index contributed by atoms with van der Waals surface area (Å²) in [6, 6.07) is 9.55. The number of urea groups is 1. The van der Waals surface area contributed by atoms with Crippen LogP contribution in [0.3, 0.4) is 0 Å². The molecule has 2 aromatic rings. The van der Waals surface area contributed by atoms with Gasteiger partial charge in [-0.25, -0.2) is 10.2 Å². The molecule has 2 heterocycles. The molecule has 3 N–H and O–H groups in total. The van der Waals surface area contributed by atoms with E-state index in [0.717, 1.165) is 5.56 Å². The van der Waals surface area contributed by atoms with Crippen LogP contribution in [-0.2, 0) is 9.63 Å². The number of amides is 3. The Morgan fingerprint density at radius 1 is 1.16 bits per heavy atom. The molecule has 0 fully saturated rings. The van der Waals surface area contributed by atoms with Crippen molar-refractivity contribution in [1.29, 1.82) is 0 Å². The fourth-order valence-electron chi connectivity index (χ4n) is 2.12. The maximum absolute atomic E-state index is 12.0. The molecule has 1 unspecified atom stereocenters. The minimum atomic E-state index is -0.814. The molecule has 8 nitrogen and oxygen atoms in total. The van der Waals surface area contributed by atoms with Crippen molar-refractivity contribution in [3.63, 3.8) is 0 Å². The Morgan fingerprint density at radius 3 is 2.68 bits per heavy atom. The molecule has 0 bridgehead atoms. The second kappa shape index (κ2) is 7.63. The number of pyridine rings is 1. The number of hydrogen-bond donors (Lipinski definition) is 3. The minimum Gasteiger partial charge on any atom is -0.382 e. The lowest BCUT2D eigenvalue weighted by Crippen LogP contribution is -2.48. The average molecular weight is 360 g/mol. The van der Waals surface area contributed by atoms with Crippen molar-refractivity contribution in [2.75, 3.05) is 5.32 Å². The van der Waals surface area contributed by atoms with Crippen molar-refractivity contribution in [2.45, 2.75) is 12.5 Å². The summed E-state index contributed by atoms with van der Waals surface area (Å²) in [6.07, 6.45) is 2.76. The molecule has 9 heteroatoms. The summed E-state index contributed by atoms with van der Waals surface area (Å²) in [7, 11) is 0. The topological polar surface area (TPSA) is 105 Å². The van der Waals surface area contributed by atoms with E-state index >= 15 is 0 Å². The van der Waals surface area contributed by atoms with Crippen molar-refractivity contribution in [3.05, 3.63) is 59.4 Å². The van der Waals surface area contributed by atoms with E-state index in [1.807, 2.05) is 6.07 Å². The highest BCUT2D eigenvalue weighted by atomic mass is 35.5. The molecule has 0 aliphatic carbocycles. The molecule has 1 atom stereocenters. The summed E-state index contributed by atoms with van der Waals surface area (Å²) in [5.74, 6) is -0.506. The Balaban J connectivity index is 1.45. The summed E-state index contributed by atoms with van der Waals surface area (Å²) in [4.78, 5) is 32.9. The first kappa shape index (κ1) is 16.7. The van der Waals surface area contributed by atoms with E-state index in [4.69, 9.17) is 16.4 Å². The van der Waals surface area contributed by atoms with Gasteiger partial charge in [0.05, 0.1) is 5.71 Å². The number of nitrogens with one attached hydrogen (secondary N) is 3. The summed E-state index contributed by atoms with van der Waals surface area (Å²) in [5.41, 5.74) is 6.48. The largest absolute Gasteiger partial charge is 0.382 e. The van der Waals surface area contributed by atoms with Gasteiger partial charge in [0.25, 0.3) is 5.91 Å².